The van der Waals surface area contributed by atoms with Crippen LogP contribution in [-0.4, -0.2) is 11.4 Å². The summed E-state index contributed by atoms with van der Waals surface area (Å²) in [5.74, 6) is 0. The molecule has 0 radical (unpaired) electrons. The standard InChI is InChI=1S/C38H38N2S/c1-23-19-25(3)33(26(4)20-23)39-35(31-15-11-9-12-16-31)37-29(7)30(8)38(41-37)36(32-17-13-10-14-18-32)40-34-27(5)21-24(2)22-28(34)6/h9-22H,1-8H3. The number of hydrogen-bond donors (Lipinski definition) is 0. The lowest BCUT2D eigenvalue weighted by Crippen LogP contribution is -2.03. The Morgan fingerprint density at radius 1 is 0.463 bits per heavy atom. The molecule has 1 heterocycles. The van der Waals surface area contributed by atoms with E-state index in [1.165, 1.54) is 54.3 Å². The molecule has 0 spiro atoms. The number of nitrogens with zero attached hydrogens (tertiary/aromatic N) is 2. The van der Waals surface area contributed by atoms with E-state index in [4.69, 9.17) is 9.98 Å². The highest BCUT2D eigenvalue weighted by Crippen LogP contribution is 2.36. The average molecular weight is 555 g/mol. The summed E-state index contributed by atoms with van der Waals surface area (Å²) in [5.41, 5.74) is 16.1. The summed E-state index contributed by atoms with van der Waals surface area (Å²) in [6.07, 6.45) is 0. The third kappa shape index (κ3) is 5.87. The molecule has 0 unspecified atom stereocenters. The minimum absolute atomic E-state index is 1.01. The van der Waals surface area contributed by atoms with E-state index in [2.05, 4.69) is 140 Å². The molecule has 0 N–H and O–H groups in total. The first-order valence-electron chi connectivity index (χ1n) is 14.2. The van der Waals surface area contributed by atoms with Crippen molar-refractivity contribution in [3.05, 3.63) is 150 Å². The molecule has 0 saturated carbocycles. The summed E-state index contributed by atoms with van der Waals surface area (Å²) in [6, 6.07) is 30.0. The van der Waals surface area contributed by atoms with Gasteiger partial charge in [-0.3, -0.25) is 0 Å². The number of hydrogen-bond acceptors (Lipinski definition) is 3. The van der Waals surface area contributed by atoms with Crippen molar-refractivity contribution in [2.45, 2.75) is 55.4 Å². The summed E-state index contributed by atoms with van der Waals surface area (Å²) in [6.45, 7) is 17.4. The first-order chi connectivity index (χ1) is 19.6. The van der Waals surface area contributed by atoms with Crippen LogP contribution in [0, 0.1) is 55.4 Å². The minimum Gasteiger partial charge on any atom is -0.246 e. The molecule has 0 fully saturated rings. The molecule has 1 aromatic heterocycles. The Labute approximate surface area is 249 Å². The zero-order chi connectivity index (χ0) is 29.3. The summed E-state index contributed by atoms with van der Waals surface area (Å²) >= 11 is 1.80. The largest absolute Gasteiger partial charge is 0.246 e. The third-order valence-corrected chi connectivity index (χ3v) is 9.10. The SMILES string of the molecule is Cc1cc(C)c(N=C(c2ccccc2)c2sc(C(=Nc3c(C)cc(C)cc3C)c3ccccc3)c(C)c2C)c(C)c1. The van der Waals surface area contributed by atoms with Gasteiger partial charge in [0.2, 0.25) is 0 Å². The van der Waals surface area contributed by atoms with E-state index >= 15 is 0 Å². The first-order valence-corrected chi connectivity index (χ1v) is 15.0. The van der Waals surface area contributed by atoms with Crippen LogP contribution in [0.5, 0.6) is 0 Å². The molecule has 0 aliphatic rings. The maximum absolute atomic E-state index is 5.40. The molecule has 5 aromatic rings. The number of benzene rings is 4. The Balaban J connectivity index is 1.77. The lowest BCUT2D eigenvalue weighted by Gasteiger charge is -2.12. The Morgan fingerprint density at radius 2 is 0.780 bits per heavy atom. The quantitative estimate of drug-likeness (QED) is 0.187. The number of aliphatic imine (C=N–C) groups is 2. The molecule has 5 rings (SSSR count). The maximum Gasteiger partial charge on any atom is 0.0884 e. The van der Waals surface area contributed by atoms with Gasteiger partial charge >= 0.3 is 0 Å². The van der Waals surface area contributed by atoms with Crippen LogP contribution in [-0.2, 0) is 0 Å². The Kier molecular flexibility index (Phi) is 8.19. The fourth-order valence-corrected chi connectivity index (χ4v) is 6.99. The molecule has 0 aliphatic heterocycles. The van der Waals surface area contributed by atoms with Crippen molar-refractivity contribution in [2.75, 3.05) is 0 Å². The van der Waals surface area contributed by atoms with E-state index in [0.717, 1.165) is 33.9 Å². The van der Waals surface area contributed by atoms with Crippen molar-refractivity contribution in [3.8, 4) is 0 Å². The molecule has 0 atom stereocenters. The molecule has 2 nitrogen and oxygen atoms in total. The number of thiophene rings is 1. The van der Waals surface area contributed by atoms with E-state index in [-0.39, 0.29) is 0 Å². The maximum atomic E-state index is 5.40. The van der Waals surface area contributed by atoms with Gasteiger partial charge in [-0.25, -0.2) is 9.98 Å². The number of aryl methyl sites for hydroxylation is 6. The fraction of sp³-hybridized carbons (Fsp3) is 0.211. The van der Waals surface area contributed by atoms with Gasteiger partial charge in [0.1, 0.15) is 0 Å². The second-order valence-corrected chi connectivity index (χ2v) is 12.2. The van der Waals surface area contributed by atoms with Crippen LogP contribution >= 0.6 is 11.3 Å². The zero-order valence-electron chi connectivity index (χ0n) is 25.4. The third-order valence-electron chi connectivity index (χ3n) is 7.69. The predicted octanol–water partition coefficient (Wildman–Crippen LogP) is 10.6. The van der Waals surface area contributed by atoms with Gasteiger partial charge in [-0.1, -0.05) is 96.1 Å². The van der Waals surface area contributed by atoms with Crippen molar-refractivity contribution >= 4 is 34.1 Å². The summed E-state index contributed by atoms with van der Waals surface area (Å²) in [4.78, 5) is 13.2. The molecule has 3 heteroatoms. The van der Waals surface area contributed by atoms with E-state index in [0.29, 0.717) is 0 Å². The highest BCUT2D eigenvalue weighted by molar-refractivity contribution is 7.17. The lowest BCUT2D eigenvalue weighted by molar-refractivity contribution is 1.28. The highest BCUT2D eigenvalue weighted by Gasteiger charge is 2.22. The Morgan fingerprint density at radius 3 is 1.10 bits per heavy atom. The predicted molar refractivity (Wildman–Crippen MR) is 179 cm³/mol. The Bertz CT molecular complexity index is 1610. The molecule has 41 heavy (non-hydrogen) atoms. The fourth-order valence-electron chi connectivity index (χ4n) is 5.65. The van der Waals surface area contributed by atoms with Crippen LogP contribution in [0.2, 0.25) is 0 Å². The van der Waals surface area contributed by atoms with Gasteiger partial charge in [-0.05, 0) is 88.8 Å². The molecule has 206 valence electrons. The second-order valence-electron chi connectivity index (χ2n) is 11.2. The van der Waals surface area contributed by atoms with Gasteiger partial charge in [0.25, 0.3) is 0 Å². The first kappa shape index (κ1) is 28.4. The van der Waals surface area contributed by atoms with Crippen LogP contribution < -0.4 is 0 Å². The van der Waals surface area contributed by atoms with E-state index in [1.807, 2.05) is 0 Å². The van der Waals surface area contributed by atoms with Gasteiger partial charge in [-0.15, -0.1) is 11.3 Å². The minimum atomic E-state index is 1.01. The normalized spacial score (nSPS) is 12.2. The molecule has 4 aromatic carbocycles. The molecule has 0 saturated heterocycles. The van der Waals surface area contributed by atoms with Gasteiger partial charge in [0.05, 0.1) is 32.6 Å². The molecular formula is C38H38N2S. The van der Waals surface area contributed by atoms with Crippen LogP contribution in [0.25, 0.3) is 0 Å². The van der Waals surface area contributed by atoms with Crippen molar-refractivity contribution < 1.29 is 0 Å². The van der Waals surface area contributed by atoms with Gasteiger partial charge in [0, 0.05) is 11.1 Å². The average Bonchev–Trinajstić information content (AvgIpc) is 3.22. The summed E-state index contributed by atoms with van der Waals surface area (Å²) in [7, 11) is 0. The highest BCUT2D eigenvalue weighted by atomic mass is 32.1. The van der Waals surface area contributed by atoms with Gasteiger partial charge < -0.3 is 0 Å². The molecule has 0 bridgehead atoms. The summed E-state index contributed by atoms with van der Waals surface area (Å²) < 4.78 is 0. The van der Waals surface area contributed by atoms with Crippen molar-refractivity contribution in [1.82, 2.24) is 0 Å². The van der Waals surface area contributed by atoms with Crippen molar-refractivity contribution in [1.29, 1.82) is 0 Å². The van der Waals surface area contributed by atoms with E-state index in [1.54, 1.807) is 11.3 Å². The summed E-state index contributed by atoms with van der Waals surface area (Å²) in [5, 5.41) is 0. The lowest BCUT2D eigenvalue weighted by atomic mass is 9.99. The Hall–Kier alpha value is -4.08. The number of rotatable bonds is 6. The molecule has 0 aliphatic carbocycles. The zero-order valence-corrected chi connectivity index (χ0v) is 26.2. The second kappa shape index (κ2) is 11.8. The van der Waals surface area contributed by atoms with Crippen LogP contribution in [0.1, 0.15) is 65.4 Å². The monoisotopic (exact) mass is 554 g/mol. The van der Waals surface area contributed by atoms with E-state index in [9.17, 15) is 0 Å². The van der Waals surface area contributed by atoms with Crippen LogP contribution in [0.4, 0.5) is 11.4 Å². The van der Waals surface area contributed by atoms with Crippen molar-refractivity contribution in [2.24, 2.45) is 9.98 Å². The van der Waals surface area contributed by atoms with Crippen LogP contribution in [0.15, 0.2) is 94.9 Å². The molecule has 0 amide bonds. The molecular weight excluding hydrogens is 516 g/mol. The van der Waals surface area contributed by atoms with Crippen molar-refractivity contribution in [3.63, 3.8) is 0 Å². The van der Waals surface area contributed by atoms with Crippen LogP contribution in [0.3, 0.4) is 0 Å². The smallest absolute Gasteiger partial charge is 0.0884 e. The topological polar surface area (TPSA) is 24.7 Å². The van der Waals surface area contributed by atoms with E-state index < -0.39 is 0 Å². The van der Waals surface area contributed by atoms with Gasteiger partial charge in [-0.2, -0.15) is 0 Å². The van der Waals surface area contributed by atoms with Gasteiger partial charge in [0.15, 0.2) is 0 Å².